The van der Waals surface area contributed by atoms with Gasteiger partial charge < -0.3 is 5.11 Å². The van der Waals surface area contributed by atoms with Crippen LogP contribution >= 0.6 is 0 Å². The summed E-state index contributed by atoms with van der Waals surface area (Å²) in [6, 6.07) is 0.420. The molecular weight excluding hydrogens is 174 g/mol. The summed E-state index contributed by atoms with van der Waals surface area (Å²) in [4.78, 5) is 2.44. The molecule has 2 nitrogen and oxygen atoms in total. The zero-order chi connectivity index (χ0) is 10.6. The van der Waals surface area contributed by atoms with Crippen molar-refractivity contribution in [2.45, 2.75) is 58.6 Å². The van der Waals surface area contributed by atoms with Gasteiger partial charge in [0.1, 0.15) is 0 Å². The van der Waals surface area contributed by atoms with Gasteiger partial charge in [-0.25, -0.2) is 0 Å². The van der Waals surface area contributed by atoms with E-state index >= 15 is 0 Å². The van der Waals surface area contributed by atoms with Gasteiger partial charge in [0.2, 0.25) is 0 Å². The smallest absolute Gasteiger partial charge is 0.0695 e. The summed E-state index contributed by atoms with van der Waals surface area (Å²) in [5.74, 6) is 0.786. The molecule has 1 N–H and O–H groups in total. The van der Waals surface area contributed by atoms with Gasteiger partial charge in [0, 0.05) is 6.04 Å². The minimum absolute atomic E-state index is 0.0855. The van der Waals surface area contributed by atoms with Crippen LogP contribution in [0.25, 0.3) is 0 Å². The lowest BCUT2D eigenvalue weighted by molar-refractivity contribution is 0.00785. The first-order valence-corrected chi connectivity index (χ1v) is 6.11. The van der Waals surface area contributed by atoms with Gasteiger partial charge in [-0.1, -0.05) is 20.8 Å². The molecule has 1 aliphatic carbocycles. The summed E-state index contributed by atoms with van der Waals surface area (Å²) in [7, 11) is 0. The molecule has 0 amide bonds. The molecule has 0 aromatic heterocycles. The number of likely N-dealkylation sites (N-methyl/N-ethyl adjacent to an activating group) is 1. The monoisotopic (exact) mass is 199 g/mol. The van der Waals surface area contributed by atoms with Crippen LogP contribution in [0.15, 0.2) is 0 Å². The molecule has 1 aliphatic rings. The first-order chi connectivity index (χ1) is 6.69. The second-order valence-electron chi connectivity index (χ2n) is 4.68. The van der Waals surface area contributed by atoms with Crippen molar-refractivity contribution in [1.29, 1.82) is 0 Å². The molecule has 3 atom stereocenters. The Morgan fingerprint density at radius 3 is 2.57 bits per heavy atom. The first-order valence-electron chi connectivity index (χ1n) is 6.11. The van der Waals surface area contributed by atoms with Crippen molar-refractivity contribution in [3.05, 3.63) is 0 Å². The minimum Gasteiger partial charge on any atom is -0.391 e. The van der Waals surface area contributed by atoms with Crippen molar-refractivity contribution in [3.8, 4) is 0 Å². The lowest BCUT2D eigenvalue weighted by Gasteiger charge is -2.39. The number of hydrogen-bond donors (Lipinski definition) is 1. The van der Waals surface area contributed by atoms with E-state index in [1.54, 1.807) is 0 Å². The maximum Gasteiger partial charge on any atom is 0.0695 e. The molecule has 3 unspecified atom stereocenters. The Balaban J connectivity index is 2.52. The Morgan fingerprint density at radius 1 is 1.29 bits per heavy atom. The maximum absolute atomic E-state index is 9.97. The Hall–Kier alpha value is -0.0800. The van der Waals surface area contributed by atoms with Gasteiger partial charge >= 0.3 is 0 Å². The number of nitrogens with zero attached hydrogens (tertiary/aromatic N) is 1. The van der Waals surface area contributed by atoms with E-state index in [-0.39, 0.29) is 6.10 Å². The van der Waals surface area contributed by atoms with Crippen LogP contribution in [0.2, 0.25) is 0 Å². The zero-order valence-corrected chi connectivity index (χ0v) is 9.87. The summed E-state index contributed by atoms with van der Waals surface area (Å²) >= 11 is 0. The van der Waals surface area contributed by atoms with Gasteiger partial charge in [0.25, 0.3) is 0 Å². The van der Waals surface area contributed by atoms with Crippen molar-refractivity contribution in [2.24, 2.45) is 5.92 Å². The predicted octanol–water partition coefficient (Wildman–Crippen LogP) is 2.27. The minimum atomic E-state index is -0.0855. The van der Waals surface area contributed by atoms with Crippen molar-refractivity contribution in [1.82, 2.24) is 4.90 Å². The number of aliphatic hydroxyl groups excluding tert-OH is 1. The highest BCUT2D eigenvalue weighted by atomic mass is 16.3. The first kappa shape index (κ1) is 12.0. The average molecular weight is 199 g/mol. The van der Waals surface area contributed by atoms with Crippen LogP contribution in [0.5, 0.6) is 0 Å². The van der Waals surface area contributed by atoms with Crippen LogP contribution in [0.1, 0.15) is 46.5 Å². The molecule has 0 aromatic rings. The number of hydrogen-bond acceptors (Lipinski definition) is 2. The normalized spacial score (nSPS) is 33.6. The van der Waals surface area contributed by atoms with Gasteiger partial charge in [-0.15, -0.1) is 0 Å². The predicted molar refractivity (Wildman–Crippen MR) is 60.3 cm³/mol. The van der Waals surface area contributed by atoms with Crippen LogP contribution in [-0.4, -0.2) is 35.2 Å². The van der Waals surface area contributed by atoms with Gasteiger partial charge in [-0.3, -0.25) is 4.90 Å². The highest BCUT2D eigenvalue weighted by Gasteiger charge is 2.30. The third kappa shape index (κ3) is 2.96. The van der Waals surface area contributed by atoms with E-state index in [4.69, 9.17) is 0 Å². The van der Waals surface area contributed by atoms with Gasteiger partial charge in [-0.2, -0.15) is 0 Å². The van der Waals surface area contributed by atoms with Crippen molar-refractivity contribution in [2.75, 3.05) is 13.1 Å². The lowest BCUT2D eigenvalue weighted by Crippen LogP contribution is -2.47. The molecule has 0 spiro atoms. The SMILES string of the molecule is CCCN(CC)C1CC(C)CCC1O. The molecule has 0 radical (unpaired) electrons. The van der Waals surface area contributed by atoms with E-state index in [0.29, 0.717) is 6.04 Å². The fraction of sp³-hybridized carbons (Fsp3) is 1.00. The fourth-order valence-corrected chi connectivity index (χ4v) is 2.57. The highest BCUT2D eigenvalue weighted by Crippen LogP contribution is 2.27. The third-order valence-electron chi connectivity index (χ3n) is 3.43. The third-order valence-corrected chi connectivity index (χ3v) is 3.43. The van der Waals surface area contributed by atoms with Crippen LogP contribution in [0.3, 0.4) is 0 Å². The van der Waals surface area contributed by atoms with Crippen LogP contribution < -0.4 is 0 Å². The second-order valence-corrected chi connectivity index (χ2v) is 4.68. The van der Waals surface area contributed by atoms with Crippen LogP contribution in [0.4, 0.5) is 0 Å². The Kier molecular flexibility index (Phi) is 4.90. The van der Waals surface area contributed by atoms with Gasteiger partial charge in [0.15, 0.2) is 0 Å². The Morgan fingerprint density at radius 2 is 2.00 bits per heavy atom. The second kappa shape index (κ2) is 5.72. The Labute approximate surface area is 88.3 Å². The number of aliphatic hydroxyl groups is 1. The molecule has 0 bridgehead atoms. The summed E-state index contributed by atoms with van der Waals surface area (Å²) in [6.07, 6.45) is 4.46. The van der Waals surface area contributed by atoms with Crippen molar-refractivity contribution < 1.29 is 5.11 Å². The molecule has 2 heteroatoms. The lowest BCUT2D eigenvalue weighted by atomic mass is 9.84. The summed E-state index contributed by atoms with van der Waals surface area (Å²) < 4.78 is 0. The summed E-state index contributed by atoms with van der Waals surface area (Å²) in [5, 5.41) is 9.97. The van der Waals surface area contributed by atoms with E-state index in [0.717, 1.165) is 25.4 Å². The van der Waals surface area contributed by atoms with E-state index in [1.165, 1.54) is 19.3 Å². The van der Waals surface area contributed by atoms with Gasteiger partial charge in [-0.05, 0) is 44.7 Å². The van der Waals surface area contributed by atoms with E-state index < -0.39 is 0 Å². The molecule has 1 fully saturated rings. The van der Waals surface area contributed by atoms with Crippen LogP contribution in [-0.2, 0) is 0 Å². The molecule has 0 aromatic carbocycles. The molecule has 0 aliphatic heterocycles. The van der Waals surface area contributed by atoms with Crippen molar-refractivity contribution >= 4 is 0 Å². The molecule has 1 saturated carbocycles. The van der Waals surface area contributed by atoms with E-state index in [9.17, 15) is 5.11 Å². The maximum atomic E-state index is 9.97. The largest absolute Gasteiger partial charge is 0.391 e. The quantitative estimate of drug-likeness (QED) is 0.751. The zero-order valence-electron chi connectivity index (χ0n) is 9.87. The Bertz CT molecular complexity index is 160. The average Bonchev–Trinajstić information content (AvgIpc) is 2.18. The van der Waals surface area contributed by atoms with Gasteiger partial charge in [0.05, 0.1) is 6.10 Å². The summed E-state index contributed by atoms with van der Waals surface area (Å²) in [5.41, 5.74) is 0. The molecule has 1 rings (SSSR count). The molecular formula is C12H25NO. The fourth-order valence-electron chi connectivity index (χ4n) is 2.57. The van der Waals surface area contributed by atoms with Crippen molar-refractivity contribution in [3.63, 3.8) is 0 Å². The molecule has 0 saturated heterocycles. The summed E-state index contributed by atoms with van der Waals surface area (Å²) in [6.45, 7) is 8.91. The highest BCUT2D eigenvalue weighted by molar-refractivity contribution is 4.85. The molecule has 14 heavy (non-hydrogen) atoms. The van der Waals surface area contributed by atoms with Crippen LogP contribution in [0, 0.1) is 5.92 Å². The molecule has 0 heterocycles. The molecule has 84 valence electrons. The number of rotatable bonds is 4. The van der Waals surface area contributed by atoms with E-state index in [2.05, 4.69) is 25.7 Å². The topological polar surface area (TPSA) is 23.5 Å². The standard InChI is InChI=1S/C12H25NO/c1-4-8-13(5-2)11-9-10(3)6-7-12(11)14/h10-12,14H,4-9H2,1-3H3. The van der Waals surface area contributed by atoms with E-state index in [1.807, 2.05) is 0 Å².